The van der Waals surface area contributed by atoms with Gasteiger partial charge in [0.25, 0.3) is 0 Å². The quantitative estimate of drug-likeness (QED) is 0.671. The fraction of sp³-hybridized carbons (Fsp3) is 0.882. The third kappa shape index (κ3) is 4.91. The lowest BCUT2D eigenvalue weighted by molar-refractivity contribution is -0.144. The van der Waals surface area contributed by atoms with E-state index in [0.29, 0.717) is 38.8 Å². The van der Waals surface area contributed by atoms with Gasteiger partial charge in [-0.05, 0) is 32.6 Å². The number of carbonyl (C=O) groups excluding carboxylic acids is 2. The van der Waals surface area contributed by atoms with E-state index in [-0.39, 0.29) is 23.8 Å². The van der Waals surface area contributed by atoms with Crippen molar-refractivity contribution in [2.45, 2.75) is 38.6 Å². The van der Waals surface area contributed by atoms with Crippen LogP contribution < -0.4 is 0 Å². The second-order valence-corrected chi connectivity index (χ2v) is 6.70. The van der Waals surface area contributed by atoms with Crippen LogP contribution in [0.1, 0.15) is 32.6 Å². The molecule has 2 fully saturated rings. The van der Waals surface area contributed by atoms with Crippen molar-refractivity contribution in [3.8, 4) is 0 Å². The Bertz CT molecular complexity index is 403. The van der Waals surface area contributed by atoms with Gasteiger partial charge in [-0.2, -0.15) is 0 Å². The van der Waals surface area contributed by atoms with Gasteiger partial charge in [0.05, 0.1) is 19.3 Å². The Balaban J connectivity index is 1.87. The summed E-state index contributed by atoms with van der Waals surface area (Å²) in [4.78, 5) is 28.8. The first-order valence-corrected chi connectivity index (χ1v) is 8.65. The van der Waals surface area contributed by atoms with E-state index in [2.05, 4.69) is 0 Å². The molecule has 1 saturated heterocycles. The van der Waals surface area contributed by atoms with Gasteiger partial charge in [-0.1, -0.05) is 0 Å². The predicted octanol–water partition coefficient (Wildman–Crippen LogP) is 1.14. The van der Waals surface area contributed by atoms with E-state index in [9.17, 15) is 9.59 Å². The Kier molecular flexibility index (Phi) is 6.84. The highest BCUT2D eigenvalue weighted by atomic mass is 16.5. The lowest BCUT2D eigenvalue weighted by Crippen LogP contribution is -2.49. The highest BCUT2D eigenvalue weighted by molar-refractivity contribution is 5.82. The number of nitrogens with zero attached hydrogens (tertiary/aromatic N) is 2. The number of hydrogen-bond donors (Lipinski definition) is 0. The maximum Gasteiger partial charge on any atom is 0.226 e. The molecule has 6 nitrogen and oxygen atoms in total. The zero-order chi connectivity index (χ0) is 16.8. The summed E-state index contributed by atoms with van der Waals surface area (Å²) < 4.78 is 10.3. The van der Waals surface area contributed by atoms with Gasteiger partial charge >= 0.3 is 0 Å². The molecular formula is C17H30N2O4. The maximum absolute atomic E-state index is 12.9. The Morgan fingerprint density at radius 1 is 1.09 bits per heavy atom. The number of carbonyl (C=O) groups is 2. The van der Waals surface area contributed by atoms with Gasteiger partial charge in [-0.25, -0.2) is 0 Å². The van der Waals surface area contributed by atoms with Crippen molar-refractivity contribution < 1.29 is 19.1 Å². The van der Waals surface area contributed by atoms with E-state index in [1.54, 1.807) is 14.2 Å². The molecule has 0 radical (unpaired) electrons. The van der Waals surface area contributed by atoms with Gasteiger partial charge in [0.2, 0.25) is 11.8 Å². The minimum Gasteiger partial charge on any atom is -0.383 e. The molecule has 23 heavy (non-hydrogen) atoms. The standard InChI is InChI=1S/C17H30N2O4/c1-13(12-23-3)19(10-11-22-2)17(21)15-6-8-18(9-7-15)16(20)14-4-5-14/h13-15H,4-12H2,1-3H3/t13-/m0/s1. The van der Waals surface area contributed by atoms with E-state index >= 15 is 0 Å². The Hall–Kier alpha value is -1.14. The van der Waals surface area contributed by atoms with Crippen LogP contribution in [0, 0.1) is 11.8 Å². The number of methoxy groups -OCH3 is 2. The molecule has 0 bridgehead atoms. The highest BCUT2D eigenvalue weighted by Crippen LogP contribution is 2.32. The molecule has 0 aromatic heterocycles. The molecule has 1 atom stereocenters. The van der Waals surface area contributed by atoms with E-state index in [4.69, 9.17) is 9.47 Å². The van der Waals surface area contributed by atoms with Crippen molar-refractivity contribution >= 4 is 11.8 Å². The van der Waals surface area contributed by atoms with Crippen molar-refractivity contribution in [1.82, 2.24) is 9.80 Å². The van der Waals surface area contributed by atoms with E-state index in [1.165, 1.54) is 0 Å². The molecule has 2 aliphatic rings. The second kappa shape index (κ2) is 8.64. The van der Waals surface area contributed by atoms with Crippen molar-refractivity contribution in [1.29, 1.82) is 0 Å². The average Bonchev–Trinajstić information content (AvgIpc) is 3.39. The summed E-state index contributed by atoms with van der Waals surface area (Å²) in [6.07, 6.45) is 3.61. The molecule has 1 saturated carbocycles. The van der Waals surface area contributed by atoms with E-state index in [1.807, 2.05) is 16.7 Å². The van der Waals surface area contributed by atoms with Crippen molar-refractivity contribution in [3.63, 3.8) is 0 Å². The van der Waals surface area contributed by atoms with E-state index in [0.717, 1.165) is 25.7 Å². The monoisotopic (exact) mass is 326 g/mol. The number of piperidine rings is 1. The maximum atomic E-state index is 12.9. The summed E-state index contributed by atoms with van der Waals surface area (Å²) >= 11 is 0. The Labute approximate surface area is 139 Å². The molecule has 0 N–H and O–H groups in total. The molecular weight excluding hydrogens is 296 g/mol. The number of likely N-dealkylation sites (tertiary alicyclic amines) is 1. The lowest BCUT2D eigenvalue weighted by atomic mass is 9.94. The minimum atomic E-state index is 0.00872. The van der Waals surface area contributed by atoms with Crippen molar-refractivity contribution in [2.75, 3.05) is 47.1 Å². The van der Waals surface area contributed by atoms with Gasteiger partial charge in [0, 0.05) is 45.7 Å². The third-order valence-corrected chi connectivity index (χ3v) is 4.84. The van der Waals surface area contributed by atoms with Crippen LogP contribution in [0.2, 0.25) is 0 Å². The molecule has 0 aromatic rings. The zero-order valence-corrected chi connectivity index (χ0v) is 14.6. The first-order chi connectivity index (χ1) is 11.1. The summed E-state index contributed by atoms with van der Waals surface area (Å²) in [7, 11) is 3.29. The number of ether oxygens (including phenoxy) is 2. The molecule has 6 heteroatoms. The topological polar surface area (TPSA) is 59.1 Å². The van der Waals surface area contributed by atoms with Crippen molar-refractivity contribution in [2.24, 2.45) is 11.8 Å². The van der Waals surface area contributed by atoms with Crippen LogP contribution in [0.25, 0.3) is 0 Å². The fourth-order valence-electron chi connectivity index (χ4n) is 3.24. The SMILES string of the molecule is COCCN(C(=O)C1CCN(C(=O)C2CC2)CC1)[C@@H](C)COC. The second-order valence-electron chi connectivity index (χ2n) is 6.70. The zero-order valence-electron chi connectivity index (χ0n) is 14.6. The molecule has 2 rings (SSSR count). The van der Waals surface area contributed by atoms with Gasteiger partial charge in [0.1, 0.15) is 0 Å². The normalized spacial score (nSPS) is 20.4. The third-order valence-electron chi connectivity index (χ3n) is 4.84. The molecule has 0 spiro atoms. The minimum absolute atomic E-state index is 0.00872. The number of amides is 2. The molecule has 0 aromatic carbocycles. The molecule has 0 unspecified atom stereocenters. The number of rotatable bonds is 8. The van der Waals surface area contributed by atoms with Gasteiger partial charge in [0.15, 0.2) is 0 Å². The summed E-state index contributed by atoms with van der Waals surface area (Å²) in [5.74, 6) is 0.738. The predicted molar refractivity (Wildman–Crippen MR) is 87.0 cm³/mol. The smallest absolute Gasteiger partial charge is 0.226 e. The number of hydrogen-bond acceptors (Lipinski definition) is 4. The Morgan fingerprint density at radius 2 is 1.74 bits per heavy atom. The van der Waals surface area contributed by atoms with Gasteiger partial charge < -0.3 is 19.3 Å². The van der Waals surface area contributed by atoms with Crippen LogP contribution in [0.5, 0.6) is 0 Å². The Morgan fingerprint density at radius 3 is 2.26 bits per heavy atom. The summed E-state index contributed by atoms with van der Waals surface area (Å²) in [6.45, 7) is 5.06. The molecule has 1 aliphatic carbocycles. The summed E-state index contributed by atoms with van der Waals surface area (Å²) in [5.41, 5.74) is 0. The van der Waals surface area contributed by atoms with Crippen LogP contribution in [-0.2, 0) is 19.1 Å². The first-order valence-electron chi connectivity index (χ1n) is 8.65. The molecule has 2 amide bonds. The molecule has 1 heterocycles. The largest absolute Gasteiger partial charge is 0.383 e. The van der Waals surface area contributed by atoms with Crippen LogP contribution in [0.4, 0.5) is 0 Å². The average molecular weight is 326 g/mol. The van der Waals surface area contributed by atoms with Gasteiger partial charge in [-0.3, -0.25) is 9.59 Å². The van der Waals surface area contributed by atoms with Gasteiger partial charge in [-0.15, -0.1) is 0 Å². The van der Waals surface area contributed by atoms with Crippen LogP contribution in [0.3, 0.4) is 0 Å². The highest BCUT2D eigenvalue weighted by Gasteiger charge is 2.37. The van der Waals surface area contributed by atoms with Crippen LogP contribution >= 0.6 is 0 Å². The van der Waals surface area contributed by atoms with Crippen LogP contribution in [-0.4, -0.2) is 74.7 Å². The molecule has 132 valence electrons. The molecule has 1 aliphatic heterocycles. The fourth-order valence-corrected chi connectivity index (χ4v) is 3.24. The van der Waals surface area contributed by atoms with Crippen molar-refractivity contribution in [3.05, 3.63) is 0 Å². The first kappa shape index (κ1) is 18.2. The summed E-state index contributed by atoms with van der Waals surface area (Å²) in [6, 6.07) is 0.0359. The lowest BCUT2D eigenvalue weighted by Gasteiger charge is -2.36. The van der Waals surface area contributed by atoms with E-state index < -0.39 is 0 Å². The van der Waals surface area contributed by atoms with Crippen LogP contribution in [0.15, 0.2) is 0 Å². The summed E-state index contributed by atoms with van der Waals surface area (Å²) in [5, 5.41) is 0.